The summed E-state index contributed by atoms with van der Waals surface area (Å²) in [5.41, 5.74) is 1.55. The van der Waals surface area contributed by atoms with Crippen LogP contribution in [0.25, 0.3) is 11.4 Å². The second-order valence-corrected chi connectivity index (χ2v) is 6.45. The molecule has 1 heterocycles. The molecule has 1 aromatic heterocycles. The molecule has 0 bridgehead atoms. The van der Waals surface area contributed by atoms with Gasteiger partial charge in [0.15, 0.2) is 5.82 Å². The van der Waals surface area contributed by atoms with Crippen molar-refractivity contribution in [3.05, 3.63) is 46.4 Å². The summed E-state index contributed by atoms with van der Waals surface area (Å²) in [7, 11) is 0. The first-order chi connectivity index (χ1) is 9.35. The van der Waals surface area contributed by atoms with Gasteiger partial charge < -0.3 is 5.32 Å². The first kappa shape index (κ1) is 15.1. The molecule has 0 amide bonds. The van der Waals surface area contributed by atoms with Gasteiger partial charge in [-0.3, -0.25) is 0 Å². The van der Waals surface area contributed by atoms with Crippen molar-refractivity contribution in [1.29, 1.82) is 0 Å². The van der Waals surface area contributed by atoms with E-state index in [0.29, 0.717) is 17.9 Å². The van der Waals surface area contributed by atoms with Crippen molar-refractivity contribution in [3.63, 3.8) is 0 Å². The van der Waals surface area contributed by atoms with E-state index in [-0.39, 0.29) is 11.4 Å². The van der Waals surface area contributed by atoms with Crippen LogP contribution in [0.1, 0.15) is 26.5 Å². The van der Waals surface area contributed by atoms with Gasteiger partial charge in [-0.15, -0.1) is 0 Å². The highest BCUT2D eigenvalue weighted by atomic mass is 79.9. The Morgan fingerprint density at radius 1 is 1.25 bits per heavy atom. The van der Waals surface area contributed by atoms with E-state index in [1.165, 1.54) is 12.1 Å². The maximum absolute atomic E-state index is 13.3. The first-order valence-electron chi connectivity index (χ1n) is 6.37. The number of rotatable bonds is 3. The highest BCUT2D eigenvalue weighted by molar-refractivity contribution is 9.10. The molecule has 1 aromatic carbocycles. The number of hydrogen-bond donors (Lipinski definition) is 1. The van der Waals surface area contributed by atoms with Gasteiger partial charge in [0, 0.05) is 28.3 Å². The molecule has 0 spiro atoms. The lowest BCUT2D eigenvalue weighted by molar-refractivity contribution is 0.421. The summed E-state index contributed by atoms with van der Waals surface area (Å²) < 4.78 is 14.1. The molecule has 0 saturated heterocycles. The van der Waals surface area contributed by atoms with Crippen LogP contribution in [-0.4, -0.2) is 15.5 Å². The van der Waals surface area contributed by atoms with Gasteiger partial charge in [-0.25, -0.2) is 14.4 Å². The minimum Gasteiger partial charge on any atom is -0.306 e. The van der Waals surface area contributed by atoms with Gasteiger partial charge >= 0.3 is 0 Å². The van der Waals surface area contributed by atoms with Gasteiger partial charge in [-0.1, -0.05) is 15.9 Å². The molecule has 0 saturated carbocycles. The Morgan fingerprint density at radius 2 is 2.00 bits per heavy atom. The van der Waals surface area contributed by atoms with E-state index >= 15 is 0 Å². The lowest BCUT2D eigenvalue weighted by Gasteiger charge is -2.20. The van der Waals surface area contributed by atoms with Gasteiger partial charge in [0.05, 0.1) is 5.69 Å². The molecule has 3 nitrogen and oxygen atoms in total. The molecule has 2 rings (SSSR count). The molecule has 0 atom stereocenters. The molecular formula is C15H17BrFN3. The summed E-state index contributed by atoms with van der Waals surface area (Å²) in [6.07, 6.45) is 1.69. The van der Waals surface area contributed by atoms with Gasteiger partial charge in [0.2, 0.25) is 0 Å². The fraction of sp³-hybridized carbons (Fsp3) is 0.333. The molecule has 5 heteroatoms. The van der Waals surface area contributed by atoms with E-state index < -0.39 is 0 Å². The van der Waals surface area contributed by atoms with E-state index in [1.54, 1.807) is 12.3 Å². The van der Waals surface area contributed by atoms with Crippen LogP contribution in [0.5, 0.6) is 0 Å². The predicted octanol–water partition coefficient (Wildman–Crippen LogP) is 3.93. The second-order valence-electron chi connectivity index (χ2n) is 5.60. The number of aromatic nitrogens is 2. The zero-order valence-corrected chi connectivity index (χ0v) is 13.3. The van der Waals surface area contributed by atoms with Crippen molar-refractivity contribution in [2.24, 2.45) is 0 Å². The summed E-state index contributed by atoms with van der Waals surface area (Å²) >= 11 is 3.40. The third-order valence-corrected chi connectivity index (χ3v) is 3.37. The average Bonchev–Trinajstić information content (AvgIpc) is 2.39. The molecule has 0 unspecified atom stereocenters. The molecule has 0 radical (unpaired) electrons. The first-order valence-corrected chi connectivity index (χ1v) is 7.17. The molecule has 0 fully saturated rings. The summed E-state index contributed by atoms with van der Waals surface area (Å²) in [6.45, 7) is 6.93. The Bertz CT molecular complexity index is 608. The molecular weight excluding hydrogens is 321 g/mol. The van der Waals surface area contributed by atoms with Crippen LogP contribution >= 0.6 is 15.9 Å². The number of nitrogens with one attached hydrogen (secondary N) is 1. The number of hydrogen-bond acceptors (Lipinski definition) is 3. The predicted molar refractivity (Wildman–Crippen MR) is 81.7 cm³/mol. The van der Waals surface area contributed by atoms with Gasteiger partial charge in [0.25, 0.3) is 0 Å². The Balaban J connectivity index is 2.27. The molecule has 20 heavy (non-hydrogen) atoms. The minimum atomic E-state index is -0.301. The van der Waals surface area contributed by atoms with Crippen LogP contribution in [0, 0.1) is 5.82 Å². The van der Waals surface area contributed by atoms with Crippen LogP contribution in [0.3, 0.4) is 0 Å². The fourth-order valence-electron chi connectivity index (χ4n) is 1.65. The lowest BCUT2D eigenvalue weighted by Crippen LogP contribution is -2.35. The highest BCUT2D eigenvalue weighted by Crippen LogP contribution is 2.26. The molecule has 2 aromatic rings. The standard InChI is InChI=1S/C15H17BrFN3/c1-15(2,3)19-9-11-6-7-18-14(20-11)12-8-10(17)4-5-13(12)16/h4-8,19H,9H2,1-3H3. The van der Waals surface area contributed by atoms with Crippen molar-refractivity contribution in [3.8, 4) is 11.4 Å². The van der Waals surface area contributed by atoms with Gasteiger partial charge in [0.1, 0.15) is 5.82 Å². The van der Waals surface area contributed by atoms with E-state index in [4.69, 9.17) is 0 Å². The number of benzene rings is 1. The molecule has 0 aliphatic heterocycles. The summed E-state index contributed by atoms with van der Waals surface area (Å²) in [5, 5.41) is 3.37. The van der Waals surface area contributed by atoms with Crippen LogP contribution in [0.2, 0.25) is 0 Å². The Labute approximate surface area is 126 Å². The Kier molecular flexibility index (Phi) is 4.50. The lowest BCUT2D eigenvalue weighted by atomic mass is 10.1. The van der Waals surface area contributed by atoms with Crippen LogP contribution in [0.15, 0.2) is 34.9 Å². The maximum atomic E-state index is 13.3. The Hall–Kier alpha value is -1.33. The van der Waals surface area contributed by atoms with E-state index in [2.05, 4.69) is 52.0 Å². The third-order valence-electron chi connectivity index (χ3n) is 2.68. The highest BCUT2D eigenvalue weighted by Gasteiger charge is 2.11. The SMILES string of the molecule is CC(C)(C)NCc1ccnc(-c2cc(F)ccc2Br)n1. The third kappa shape index (κ3) is 4.08. The fourth-order valence-corrected chi connectivity index (χ4v) is 2.07. The summed E-state index contributed by atoms with van der Waals surface area (Å²) in [5.74, 6) is 0.217. The quantitative estimate of drug-likeness (QED) is 0.921. The monoisotopic (exact) mass is 337 g/mol. The van der Waals surface area contributed by atoms with Crippen molar-refractivity contribution in [2.45, 2.75) is 32.9 Å². The van der Waals surface area contributed by atoms with Crippen LogP contribution in [0.4, 0.5) is 4.39 Å². The van der Waals surface area contributed by atoms with E-state index in [1.807, 2.05) is 6.07 Å². The second kappa shape index (κ2) is 5.97. The summed E-state index contributed by atoms with van der Waals surface area (Å²) in [6, 6.07) is 6.35. The topological polar surface area (TPSA) is 37.8 Å². The zero-order chi connectivity index (χ0) is 14.8. The maximum Gasteiger partial charge on any atom is 0.160 e. The molecule has 1 N–H and O–H groups in total. The van der Waals surface area contributed by atoms with E-state index in [9.17, 15) is 4.39 Å². The van der Waals surface area contributed by atoms with Crippen molar-refractivity contribution >= 4 is 15.9 Å². The number of nitrogens with zero attached hydrogens (tertiary/aromatic N) is 2. The largest absolute Gasteiger partial charge is 0.306 e. The van der Waals surface area contributed by atoms with Crippen molar-refractivity contribution in [1.82, 2.24) is 15.3 Å². The van der Waals surface area contributed by atoms with Gasteiger partial charge in [-0.05, 0) is 45.0 Å². The van der Waals surface area contributed by atoms with E-state index in [0.717, 1.165) is 10.2 Å². The normalized spacial score (nSPS) is 11.7. The zero-order valence-electron chi connectivity index (χ0n) is 11.7. The van der Waals surface area contributed by atoms with Crippen LogP contribution < -0.4 is 5.32 Å². The smallest absolute Gasteiger partial charge is 0.160 e. The van der Waals surface area contributed by atoms with Gasteiger partial charge in [-0.2, -0.15) is 0 Å². The minimum absolute atomic E-state index is 0.0184. The average molecular weight is 338 g/mol. The van der Waals surface area contributed by atoms with Crippen molar-refractivity contribution < 1.29 is 4.39 Å². The molecule has 0 aliphatic carbocycles. The Morgan fingerprint density at radius 3 is 2.70 bits per heavy atom. The number of halogens is 2. The summed E-state index contributed by atoms with van der Waals surface area (Å²) in [4.78, 5) is 8.70. The van der Waals surface area contributed by atoms with Crippen molar-refractivity contribution in [2.75, 3.05) is 0 Å². The van der Waals surface area contributed by atoms with Crippen LogP contribution in [-0.2, 0) is 6.54 Å². The molecule has 106 valence electrons. The molecule has 0 aliphatic rings.